The average Bonchev–Trinajstić information content (AvgIpc) is 2.86. The van der Waals surface area contributed by atoms with Crippen LogP contribution in [0, 0.1) is 0 Å². The van der Waals surface area contributed by atoms with Crippen LogP contribution < -0.4 is 11.2 Å². The van der Waals surface area contributed by atoms with Gasteiger partial charge in [-0.3, -0.25) is 0 Å². The maximum absolute atomic E-state index is 10.8. The smallest absolute Gasteiger partial charge is 0.332 e. The Hall–Kier alpha value is -2.82. The Kier molecular flexibility index (Phi) is 3.78. The molecule has 1 heterocycles. The number of fused-ring (bicyclic) bond motifs is 1. The highest BCUT2D eigenvalue weighted by atomic mass is 16.2. The van der Waals surface area contributed by atoms with Crippen LogP contribution in [0.15, 0.2) is 53.3 Å². The van der Waals surface area contributed by atoms with Crippen molar-refractivity contribution in [3.05, 3.63) is 65.0 Å². The Morgan fingerprint density at radius 2 is 2.14 bits per heavy atom. The van der Waals surface area contributed by atoms with Crippen molar-refractivity contribution in [2.45, 2.75) is 19.8 Å². The van der Waals surface area contributed by atoms with Crippen LogP contribution in [0.3, 0.4) is 0 Å². The van der Waals surface area contributed by atoms with Crippen LogP contribution >= 0.6 is 0 Å². The van der Waals surface area contributed by atoms with Gasteiger partial charge in [0, 0.05) is 11.9 Å². The van der Waals surface area contributed by atoms with Crippen LogP contribution in [0.1, 0.15) is 23.7 Å². The van der Waals surface area contributed by atoms with Gasteiger partial charge >= 0.3 is 6.03 Å². The van der Waals surface area contributed by atoms with Crippen LogP contribution in [0.4, 0.5) is 4.79 Å². The zero-order valence-electron chi connectivity index (χ0n) is 12.4. The van der Waals surface area contributed by atoms with E-state index < -0.39 is 6.03 Å². The van der Waals surface area contributed by atoms with E-state index in [1.54, 1.807) is 6.21 Å². The van der Waals surface area contributed by atoms with Crippen molar-refractivity contribution in [1.82, 2.24) is 9.99 Å². The summed E-state index contributed by atoms with van der Waals surface area (Å²) in [6, 6.07) is 9.41. The molecule has 3 rings (SSSR count). The summed E-state index contributed by atoms with van der Waals surface area (Å²) in [7, 11) is 0. The van der Waals surface area contributed by atoms with Crippen molar-refractivity contribution in [3.63, 3.8) is 0 Å². The van der Waals surface area contributed by atoms with Crippen LogP contribution in [-0.4, -0.2) is 16.8 Å². The molecule has 3 N–H and O–H groups in total. The lowest BCUT2D eigenvalue weighted by Gasteiger charge is -2.10. The van der Waals surface area contributed by atoms with E-state index in [-0.39, 0.29) is 0 Å². The first kappa shape index (κ1) is 14.1. The normalized spacial score (nSPS) is 13.8. The number of nitrogens with zero attached hydrogens (tertiary/aromatic N) is 2. The van der Waals surface area contributed by atoms with E-state index in [9.17, 15) is 4.79 Å². The molecule has 1 aliphatic carbocycles. The van der Waals surface area contributed by atoms with E-state index in [4.69, 9.17) is 5.73 Å². The number of rotatable bonds is 3. The third kappa shape index (κ3) is 2.79. The van der Waals surface area contributed by atoms with E-state index in [0.29, 0.717) is 0 Å². The summed E-state index contributed by atoms with van der Waals surface area (Å²) in [6.45, 7) is 2.14. The predicted octanol–water partition coefficient (Wildman–Crippen LogP) is 2.52. The Labute approximate surface area is 129 Å². The third-order valence-electron chi connectivity index (χ3n) is 3.76. The SMILES string of the molecule is CC1=CCc2c(cn(-c3ccccc3)c2/C=N/NC(N)=O)C1. The highest BCUT2D eigenvalue weighted by Crippen LogP contribution is 2.27. The quantitative estimate of drug-likeness (QED) is 0.509. The number of hydrogen-bond acceptors (Lipinski definition) is 2. The number of hydrogen-bond donors (Lipinski definition) is 2. The molecule has 1 aromatic heterocycles. The van der Waals surface area contributed by atoms with Crippen molar-refractivity contribution in [1.29, 1.82) is 0 Å². The molecule has 0 atom stereocenters. The van der Waals surface area contributed by atoms with Gasteiger partial charge in [-0.05, 0) is 43.0 Å². The summed E-state index contributed by atoms with van der Waals surface area (Å²) >= 11 is 0. The molecule has 5 nitrogen and oxygen atoms in total. The number of nitrogens with two attached hydrogens (primary N) is 1. The lowest BCUT2D eigenvalue weighted by Crippen LogP contribution is -2.24. The molecular weight excluding hydrogens is 276 g/mol. The van der Waals surface area contributed by atoms with Crippen molar-refractivity contribution in [2.75, 3.05) is 0 Å². The summed E-state index contributed by atoms with van der Waals surface area (Å²) in [5.41, 5.74) is 13.3. The van der Waals surface area contributed by atoms with Gasteiger partial charge in [-0.25, -0.2) is 10.2 Å². The van der Waals surface area contributed by atoms with Gasteiger partial charge in [0.25, 0.3) is 0 Å². The molecule has 0 spiro atoms. The van der Waals surface area contributed by atoms with E-state index >= 15 is 0 Å². The maximum atomic E-state index is 10.8. The summed E-state index contributed by atoms with van der Waals surface area (Å²) in [5.74, 6) is 0. The molecule has 22 heavy (non-hydrogen) atoms. The molecule has 2 amide bonds. The minimum atomic E-state index is -0.668. The predicted molar refractivity (Wildman–Crippen MR) is 87.2 cm³/mol. The highest BCUT2D eigenvalue weighted by molar-refractivity contribution is 5.83. The molecule has 2 aromatic rings. The number of nitrogens with one attached hydrogen (secondary N) is 1. The number of allylic oxidation sites excluding steroid dienone is 2. The zero-order valence-corrected chi connectivity index (χ0v) is 12.4. The molecule has 0 radical (unpaired) electrons. The first-order chi connectivity index (χ1) is 10.6. The number of benzene rings is 1. The monoisotopic (exact) mass is 294 g/mol. The molecule has 0 saturated heterocycles. The zero-order chi connectivity index (χ0) is 15.5. The lowest BCUT2D eigenvalue weighted by atomic mass is 9.95. The van der Waals surface area contributed by atoms with E-state index in [1.807, 2.05) is 30.3 Å². The third-order valence-corrected chi connectivity index (χ3v) is 3.76. The molecule has 0 unspecified atom stereocenters. The first-order valence-corrected chi connectivity index (χ1v) is 7.18. The van der Waals surface area contributed by atoms with Crippen molar-refractivity contribution < 1.29 is 4.79 Å². The fraction of sp³-hybridized carbons (Fsp3) is 0.176. The van der Waals surface area contributed by atoms with Gasteiger partial charge in [0.15, 0.2) is 0 Å². The molecule has 0 aliphatic heterocycles. The second-order valence-electron chi connectivity index (χ2n) is 5.39. The second kappa shape index (κ2) is 5.89. The molecule has 0 saturated carbocycles. The van der Waals surface area contributed by atoms with E-state index in [0.717, 1.165) is 24.2 Å². The van der Waals surface area contributed by atoms with Gasteiger partial charge in [0.05, 0.1) is 11.9 Å². The van der Waals surface area contributed by atoms with Gasteiger partial charge in [-0.2, -0.15) is 5.10 Å². The minimum Gasteiger partial charge on any atom is -0.350 e. The summed E-state index contributed by atoms with van der Waals surface area (Å²) in [4.78, 5) is 10.8. The second-order valence-corrected chi connectivity index (χ2v) is 5.39. The molecule has 0 bridgehead atoms. The number of para-hydroxylation sites is 1. The van der Waals surface area contributed by atoms with Gasteiger partial charge < -0.3 is 10.3 Å². The largest absolute Gasteiger partial charge is 0.350 e. The fourth-order valence-corrected chi connectivity index (χ4v) is 2.75. The van der Waals surface area contributed by atoms with Gasteiger partial charge in [-0.1, -0.05) is 29.8 Å². The van der Waals surface area contributed by atoms with Gasteiger partial charge in [0.2, 0.25) is 0 Å². The van der Waals surface area contributed by atoms with Crippen molar-refractivity contribution in [2.24, 2.45) is 10.8 Å². The number of amides is 2. The van der Waals surface area contributed by atoms with Crippen LogP contribution in [0.5, 0.6) is 0 Å². The molecule has 112 valence electrons. The number of primary amides is 1. The number of carbonyl (C=O) groups excluding carboxylic acids is 1. The van der Waals surface area contributed by atoms with Gasteiger partial charge in [-0.15, -0.1) is 0 Å². The molecule has 5 heteroatoms. The van der Waals surface area contributed by atoms with Crippen molar-refractivity contribution >= 4 is 12.2 Å². The highest BCUT2D eigenvalue weighted by Gasteiger charge is 2.18. The number of aromatic nitrogens is 1. The fourth-order valence-electron chi connectivity index (χ4n) is 2.75. The Balaban J connectivity index is 2.05. The maximum Gasteiger partial charge on any atom is 0.332 e. The number of urea groups is 1. The average molecular weight is 294 g/mol. The Morgan fingerprint density at radius 3 is 2.86 bits per heavy atom. The van der Waals surface area contributed by atoms with Gasteiger partial charge in [0.1, 0.15) is 0 Å². The summed E-state index contributed by atoms with van der Waals surface area (Å²) in [6.07, 6.45) is 7.85. The first-order valence-electron chi connectivity index (χ1n) is 7.18. The Morgan fingerprint density at radius 1 is 1.36 bits per heavy atom. The van der Waals surface area contributed by atoms with Crippen LogP contribution in [-0.2, 0) is 12.8 Å². The summed E-state index contributed by atoms with van der Waals surface area (Å²) in [5, 5.41) is 3.94. The van der Waals surface area contributed by atoms with E-state index in [2.05, 4.69) is 34.3 Å². The number of carbonyl (C=O) groups is 1. The molecule has 0 fully saturated rings. The molecule has 1 aromatic carbocycles. The standard InChI is InChI=1S/C17H18N4O/c1-12-7-8-15-13(9-12)11-21(14-5-3-2-4-6-14)16(15)10-19-20-17(18)22/h2-7,10-11H,8-9H2,1H3,(H3,18,20,22)/b19-10+. The Bertz CT molecular complexity index is 756. The topological polar surface area (TPSA) is 72.4 Å². The van der Waals surface area contributed by atoms with Crippen molar-refractivity contribution in [3.8, 4) is 5.69 Å². The van der Waals surface area contributed by atoms with E-state index in [1.165, 1.54) is 16.7 Å². The number of hydrazone groups is 1. The summed E-state index contributed by atoms with van der Waals surface area (Å²) < 4.78 is 2.10. The van der Waals surface area contributed by atoms with Crippen LogP contribution in [0.25, 0.3) is 5.69 Å². The minimum absolute atomic E-state index is 0.668. The molecule has 1 aliphatic rings. The lowest BCUT2D eigenvalue weighted by molar-refractivity contribution is 0.249. The van der Waals surface area contributed by atoms with Crippen LogP contribution in [0.2, 0.25) is 0 Å². The molecular formula is C17H18N4O.